The van der Waals surface area contributed by atoms with E-state index in [2.05, 4.69) is 0 Å². The molecule has 0 N–H and O–H groups in total. The summed E-state index contributed by atoms with van der Waals surface area (Å²) in [7, 11) is 4.79. The van der Waals surface area contributed by atoms with Crippen molar-refractivity contribution in [3.8, 4) is 11.5 Å². The normalized spacial score (nSPS) is 11.6. The van der Waals surface area contributed by atoms with Crippen LogP contribution >= 0.6 is 0 Å². The number of amides is 1. The molecule has 3 rings (SSSR count). The molecule has 3 aromatic carbocycles. The van der Waals surface area contributed by atoms with Gasteiger partial charge in [0.1, 0.15) is 17.3 Å². The summed E-state index contributed by atoms with van der Waals surface area (Å²) < 4.78 is 24.1. The van der Waals surface area contributed by atoms with Crippen molar-refractivity contribution in [1.82, 2.24) is 4.90 Å². The SMILES string of the molecule is COc1ccc(OC)c(C(=O)N(C)C(c2ccccc2)c2ccc(F)cc2)c1. The Morgan fingerprint density at radius 1 is 0.893 bits per heavy atom. The molecule has 5 heteroatoms. The van der Waals surface area contributed by atoms with Crippen molar-refractivity contribution in [2.45, 2.75) is 6.04 Å². The van der Waals surface area contributed by atoms with Gasteiger partial charge in [0.05, 0.1) is 25.8 Å². The lowest BCUT2D eigenvalue weighted by Gasteiger charge is -2.30. The summed E-state index contributed by atoms with van der Waals surface area (Å²) in [5.41, 5.74) is 2.13. The maximum absolute atomic E-state index is 13.4. The summed E-state index contributed by atoms with van der Waals surface area (Å²) in [4.78, 5) is 15.0. The van der Waals surface area contributed by atoms with Gasteiger partial charge in [-0.1, -0.05) is 42.5 Å². The lowest BCUT2D eigenvalue weighted by atomic mass is 9.96. The molecule has 0 aliphatic rings. The predicted molar refractivity (Wildman–Crippen MR) is 106 cm³/mol. The average molecular weight is 379 g/mol. The Bertz CT molecular complexity index is 942. The smallest absolute Gasteiger partial charge is 0.258 e. The van der Waals surface area contributed by atoms with Crippen LogP contribution in [0.5, 0.6) is 11.5 Å². The van der Waals surface area contributed by atoms with Gasteiger partial charge in [0.25, 0.3) is 5.91 Å². The number of halogens is 1. The van der Waals surface area contributed by atoms with E-state index in [9.17, 15) is 9.18 Å². The average Bonchev–Trinajstić information content (AvgIpc) is 2.75. The fourth-order valence-corrected chi connectivity index (χ4v) is 3.21. The summed E-state index contributed by atoms with van der Waals surface area (Å²) in [6.07, 6.45) is 0. The maximum Gasteiger partial charge on any atom is 0.258 e. The zero-order valence-electron chi connectivity index (χ0n) is 16.1. The fraction of sp³-hybridized carbons (Fsp3) is 0.174. The van der Waals surface area contributed by atoms with Gasteiger partial charge in [-0.05, 0) is 41.5 Å². The first-order valence-electron chi connectivity index (χ1n) is 8.84. The van der Waals surface area contributed by atoms with Gasteiger partial charge in [0, 0.05) is 7.05 Å². The van der Waals surface area contributed by atoms with Gasteiger partial charge >= 0.3 is 0 Å². The summed E-state index contributed by atoms with van der Waals surface area (Å²) in [5.74, 6) is 0.479. The summed E-state index contributed by atoms with van der Waals surface area (Å²) >= 11 is 0. The van der Waals surface area contributed by atoms with Crippen LogP contribution in [0.3, 0.4) is 0 Å². The second kappa shape index (κ2) is 8.57. The van der Waals surface area contributed by atoms with Gasteiger partial charge in [-0.25, -0.2) is 4.39 Å². The van der Waals surface area contributed by atoms with Crippen LogP contribution in [0, 0.1) is 5.82 Å². The van der Waals surface area contributed by atoms with Crippen LogP contribution in [-0.2, 0) is 0 Å². The van der Waals surface area contributed by atoms with E-state index < -0.39 is 0 Å². The molecule has 0 aliphatic heterocycles. The fourth-order valence-electron chi connectivity index (χ4n) is 3.21. The first-order chi connectivity index (χ1) is 13.5. The Kier molecular flexibility index (Phi) is 5.94. The van der Waals surface area contributed by atoms with E-state index in [4.69, 9.17) is 9.47 Å². The van der Waals surface area contributed by atoms with Crippen LogP contribution in [0.15, 0.2) is 72.8 Å². The second-order valence-electron chi connectivity index (χ2n) is 6.35. The quantitative estimate of drug-likeness (QED) is 0.623. The molecule has 0 aromatic heterocycles. The van der Waals surface area contributed by atoms with E-state index in [1.165, 1.54) is 19.2 Å². The second-order valence-corrected chi connectivity index (χ2v) is 6.35. The highest BCUT2D eigenvalue weighted by Crippen LogP contribution is 2.32. The number of nitrogens with zero attached hydrogens (tertiary/aromatic N) is 1. The van der Waals surface area contributed by atoms with Crippen molar-refractivity contribution < 1.29 is 18.7 Å². The van der Waals surface area contributed by atoms with Crippen LogP contribution in [0.4, 0.5) is 4.39 Å². The molecule has 0 heterocycles. The predicted octanol–water partition coefficient (Wildman–Crippen LogP) is 4.70. The minimum absolute atomic E-state index is 0.228. The molecule has 144 valence electrons. The number of rotatable bonds is 6. The first kappa shape index (κ1) is 19.4. The lowest BCUT2D eigenvalue weighted by molar-refractivity contribution is 0.0751. The minimum atomic E-state index is -0.384. The Balaban J connectivity index is 2.05. The van der Waals surface area contributed by atoms with Crippen LogP contribution in [-0.4, -0.2) is 32.1 Å². The van der Waals surface area contributed by atoms with Crippen molar-refractivity contribution in [2.75, 3.05) is 21.3 Å². The Morgan fingerprint density at radius 3 is 2.14 bits per heavy atom. The van der Waals surface area contributed by atoms with Crippen LogP contribution in [0.1, 0.15) is 27.5 Å². The number of ether oxygens (including phenoxy) is 2. The highest BCUT2D eigenvalue weighted by atomic mass is 19.1. The molecular formula is C23H22FNO3. The Morgan fingerprint density at radius 2 is 1.54 bits per heavy atom. The van der Waals surface area contributed by atoms with Gasteiger partial charge in [0.2, 0.25) is 0 Å². The van der Waals surface area contributed by atoms with E-state index in [0.29, 0.717) is 17.1 Å². The molecule has 0 spiro atoms. The molecule has 0 bridgehead atoms. The molecule has 28 heavy (non-hydrogen) atoms. The number of carbonyl (C=O) groups excluding carboxylic acids is 1. The summed E-state index contributed by atoms with van der Waals surface area (Å²) in [5, 5.41) is 0. The molecule has 1 amide bonds. The van der Waals surface area contributed by atoms with Gasteiger partial charge in [-0.2, -0.15) is 0 Å². The number of carbonyl (C=O) groups is 1. The highest BCUT2D eigenvalue weighted by Gasteiger charge is 2.26. The maximum atomic E-state index is 13.4. The van der Waals surface area contributed by atoms with E-state index in [0.717, 1.165) is 11.1 Å². The van der Waals surface area contributed by atoms with Crippen molar-refractivity contribution >= 4 is 5.91 Å². The van der Waals surface area contributed by atoms with Crippen molar-refractivity contribution in [3.05, 3.63) is 95.3 Å². The molecule has 0 saturated carbocycles. The summed E-state index contributed by atoms with van der Waals surface area (Å²) in [6, 6.07) is 20.5. The Hall–Kier alpha value is -3.34. The van der Waals surface area contributed by atoms with Crippen LogP contribution in [0.25, 0.3) is 0 Å². The van der Waals surface area contributed by atoms with E-state index in [-0.39, 0.29) is 17.8 Å². The third kappa shape index (κ3) is 3.98. The van der Waals surface area contributed by atoms with Gasteiger partial charge in [-0.15, -0.1) is 0 Å². The molecule has 4 nitrogen and oxygen atoms in total. The van der Waals surface area contributed by atoms with Gasteiger partial charge < -0.3 is 14.4 Å². The molecule has 1 unspecified atom stereocenters. The van der Waals surface area contributed by atoms with Crippen LogP contribution in [0.2, 0.25) is 0 Å². The highest BCUT2D eigenvalue weighted by molar-refractivity contribution is 5.97. The standard InChI is InChI=1S/C23H22FNO3/c1-25(23(26)20-15-19(27-2)13-14-21(20)28-3)22(16-7-5-4-6-8-16)17-9-11-18(24)12-10-17/h4-15,22H,1-3H3. The molecule has 3 aromatic rings. The molecule has 1 atom stereocenters. The number of hydrogen-bond acceptors (Lipinski definition) is 3. The number of benzene rings is 3. The minimum Gasteiger partial charge on any atom is -0.497 e. The van der Waals surface area contributed by atoms with Crippen molar-refractivity contribution in [1.29, 1.82) is 0 Å². The van der Waals surface area contributed by atoms with E-state index in [1.54, 1.807) is 49.4 Å². The van der Waals surface area contributed by atoms with E-state index >= 15 is 0 Å². The zero-order valence-corrected chi connectivity index (χ0v) is 16.1. The lowest BCUT2D eigenvalue weighted by Crippen LogP contribution is -2.32. The van der Waals surface area contributed by atoms with Crippen molar-refractivity contribution in [3.63, 3.8) is 0 Å². The number of methoxy groups -OCH3 is 2. The molecule has 0 aliphatic carbocycles. The number of hydrogen-bond donors (Lipinski definition) is 0. The van der Waals surface area contributed by atoms with E-state index in [1.807, 2.05) is 30.3 Å². The van der Waals surface area contributed by atoms with Crippen LogP contribution < -0.4 is 9.47 Å². The Labute approximate surface area is 164 Å². The molecular weight excluding hydrogens is 357 g/mol. The molecule has 0 radical (unpaired) electrons. The zero-order chi connectivity index (χ0) is 20.1. The topological polar surface area (TPSA) is 38.8 Å². The first-order valence-corrected chi connectivity index (χ1v) is 8.84. The van der Waals surface area contributed by atoms with Gasteiger partial charge in [0.15, 0.2) is 0 Å². The van der Waals surface area contributed by atoms with Gasteiger partial charge in [-0.3, -0.25) is 4.79 Å². The molecule has 0 saturated heterocycles. The summed E-state index contributed by atoms with van der Waals surface area (Å²) in [6.45, 7) is 0. The molecule has 0 fully saturated rings. The van der Waals surface area contributed by atoms with Crippen molar-refractivity contribution in [2.24, 2.45) is 0 Å². The monoisotopic (exact) mass is 379 g/mol. The third-order valence-corrected chi connectivity index (χ3v) is 4.65. The third-order valence-electron chi connectivity index (χ3n) is 4.65. The largest absolute Gasteiger partial charge is 0.497 e.